The Hall–Kier alpha value is -0.0800. The Bertz CT molecular complexity index is 139. The average molecular weight is 171 g/mol. The molecule has 1 N–H and O–H groups in total. The molecule has 0 saturated carbocycles. The molecule has 0 unspecified atom stereocenters. The maximum atomic E-state index is 5.37. The van der Waals surface area contributed by atoms with Crippen molar-refractivity contribution in [2.24, 2.45) is 11.3 Å². The largest absolute Gasteiger partial charge is 0.379 e. The van der Waals surface area contributed by atoms with E-state index in [9.17, 15) is 0 Å². The fourth-order valence-corrected chi connectivity index (χ4v) is 1.36. The molecule has 1 fully saturated rings. The summed E-state index contributed by atoms with van der Waals surface area (Å²) in [6.45, 7) is 11.9. The summed E-state index contributed by atoms with van der Waals surface area (Å²) in [5, 5.41) is 3.55. The van der Waals surface area contributed by atoms with Crippen LogP contribution in [0.5, 0.6) is 0 Å². The summed E-state index contributed by atoms with van der Waals surface area (Å²) < 4.78 is 5.37. The van der Waals surface area contributed by atoms with Gasteiger partial charge in [-0.2, -0.15) is 0 Å². The third-order valence-corrected chi connectivity index (χ3v) is 2.26. The minimum atomic E-state index is 0.377. The quantitative estimate of drug-likeness (QED) is 0.682. The van der Waals surface area contributed by atoms with Crippen molar-refractivity contribution in [3.8, 4) is 0 Å². The van der Waals surface area contributed by atoms with Crippen LogP contribution in [0.25, 0.3) is 0 Å². The molecule has 2 atom stereocenters. The molecular weight excluding hydrogens is 150 g/mol. The van der Waals surface area contributed by atoms with E-state index < -0.39 is 0 Å². The lowest BCUT2D eigenvalue weighted by Gasteiger charge is -2.23. The summed E-state index contributed by atoms with van der Waals surface area (Å²) in [7, 11) is 0. The van der Waals surface area contributed by atoms with E-state index in [0.29, 0.717) is 17.4 Å². The highest BCUT2D eigenvalue weighted by Gasteiger charge is 2.24. The molecule has 72 valence electrons. The lowest BCUT2D eigenvalue weighted by molar-refractivity contribution is 0.183. The van der Waals surface area contributed by atoms with Crippen molar-refractivity contribution < 1.29 is 4.74 Å². The minimum absolute atomic E-state index is 0.377. The van der Waals surface area contributed by atoms with Gasteiger partial charge < -0.3 is 10.1 Å². The average Bonchev–Trinajstić information content (AvgIpc) is 2.29. The van der Waals surface area contributed by atoms with Gasteiger partial charge >= 0.3 is 0 Å². The number of hydrogen-bond donors (Lipinski definition) is 1. The number of nitrogens with one attached hydrogen (secondary N) is 1. The Morgan fingerprint density at radius 1 is 1.33 bits per heavy atom. The van der Waals surface area contributed by atoms with Crippen molar-refractivity contribution in [1.29, 1.82) is 0 Å². The molecule has 0 radical (unpaired) electrons. The maximum Gasteiger partial charge on any atom is 0.0623 e. The summed E-state index contributed by atoms with van der Waals surface area (Å²) in [5.74, 6) is 0.673. The van der Waals surface area contributed by atoms with Gasteiger partial charge in [0.15, 0.2) is 0 Å². The van der Waals surface area contributed by atoms with E-state index in [1.807, 2.05) is 0 Å². The summed E-state index contributed by atoms with van der Waals surface area (Å²) in [6.07, 6.45) is 0. The summed E-state index contributed by atoms with van der Waals surface area (Å²) in [4.78, 5) is 0. The fourth-order valence-electron chi connectivity index (χ4n) is 1.36. The molecule has 1 aliphatic rings. The smallest absolute Gasteiger partial charge is 0.0623 e. The second-order valence-electron chi connectivity index (χ2n) is 5.06. The molecule has 0 amide bonds. The Morgan fingerprint density at radius 3 is 2.42 bits per heavy atom. The van der Waals surface area contributed by atoms with Crippen LogP contribution >= 0.6 is 0 Å². The van der Waals surface area contributed by atoms with Crippen LogP contribution < -0.4 is 5.32 Å². The zero-order chi connectivity index (χ0) is 9.19. The monoisotopic (exact) mass is 171 g/mol. The fraction of sp³-hybridized carbons (Fsp3) is 1.00. The zero-order valence-electron chi connectivity index (χ0n) is 8.68. The van der Waals surface area contributed by atoms with Crippen LogP contribution in [0.3, 0.4) is 0 Å². The summed E-state index contributed by atoms with van der Waals surface area (Å²) >= 11 is 0. The first kappa shape index (κ1) is 10.0. The molecule has 1 heterocycles. The van der Waals surface area contributed by atoms with Crippen LogP contribution in [0.1, 0.15) is 27.7 Å². The number of ether oxygens (including phenoxy) is 1. The Labute approximate surface area is 75.7 Å². The highest BCUT2D eigenvalue weighted by atomic mass is 16.5. The van der Waals surface area contributed by atoms with Gasteiger partial charge in [0.05, 0.1) is 13.2 Å². The molecule has 0 aromatic rings. The van der Waals surface area contributed by atoms with E-state index in [0.717, 1.165) is 19.8 Å². The molecule has 2 nitrogen and oxygen atoms in total. The van der Waals surface area contributed by atoms with E-state index in [4.69, 9.17) is 4.74 Å². The topological polar surface area (TPSA) is 21.3 Å². The first-order chi connectivity index (χ1) is 5.49. The molecule has 0 aromatic carbocycles. The predicted octanol–water partition coefficient (Wildman–Crippen LogP) is 1.66. The van der Waals surface area contributed by atoms with Crippen molar-refractivity contribution >= 4 is 0 Å². The first-order valence-electron chi connectivity index (χ1n) is 4.80. The van der Waals surface area contributed by atoms with Gasteiger partial charge in [-0.1, -0.05) is 27.7 Å². The Morgan fingerprint density at radius 2 is 2.00 bits per heavy atom. The molecular formula is C10H21NO. The van der Waals surface area contributed by atoms with Crippen molar-refractivity contribution in [3.63, 3.8) is 0 Å². The molecule has 1 saturated heterocycles. The van der Waals surface area contributed by atoms with Crippen LogP contribution in [-0.4, -0.2) is 25.8 Å². The van der Waals surface area contributed by atoms with Crippen molar-refractivity contribution in [1.82, 2.24) is 5.32 Å². The van der Waals surface area contributed by atoms with Gasteiger partial charge in [0, 0.05) is 12.6 Å². The van der Waals surface area contributed by atoms with Gasteiger partial charge in [-0.15, -0.1) is 0 Å². The molecule has 1 rings (SSSR count). The van der Waals surface area contributed by atoms with Crippen molar-refractivity contribution in [3.05, 3.63) is 0 Å². The lowest BCUT2D eigenvalue weighted by Crippen LogP contribution is -2.39. The first-order valence-corrected chi connectivity index (χ1v) is 4.80. The number of hydrogen-bond acceptors (Lipinski definition) is 2. The second kappa shape index (κ2) is 3.75. The highest BCUT2D eigenvalue weighted by molar-refractivity contribution is 4.80. The molecule has 0 aromatic heterocycles. The van der Waals surface area contributed by atoms with E-state index in [1.54, 1.807) is 0 Å². The van der Waals surface area contributed by atoms with E-state index in [2.05, 4.69) is 33.0 Å². The van der Waals surface area contributed by atoms with Crippen LogP contribution in [0.15, 0.2) is 0 Å². The third-order valence-electron chi connectivity index (χ3n) is 2.26. The SMILES string of the molecule is C[C@H]1COC[C@@H]1NCC(C)(C)C. The maximum absolute atomic E-state index is 5.37. The molecule has 0 bridgehead atoms. The van der Waals surface area contributed by atoms with Gasteiger partial charge in [-0.25, -0.2) is 0 Å². The molecule has 12 heavy (non-hydrogen) atoms. The van der Waals surface area contributed by atoms with Crippen LogP contribution in [0.4, 0.5) is 0 Å². The predicted molar refractivity (Wildman–Crippen MR) is 51.2 cm³/mol. The standard InChI is InChI=1S/C10H21NO/c1-8-5-12-6-9(8)11-7-10(2,3)4/h8-9,11H,5-7H2,1-4H3/t8-,9-/m0/s1. The van der Waals surface area contributed by atoms with Gasteiger partial charge in [0.25, 0.3) is 0 Å². The van der Waals surface area contributed by atoms with Gasteiger partial charge in [0.2, 0.25) is 0 Å². The van der Waals surface area contributed by atoms with Crippen molar-refractivity contribution in [2.75, 3.05) is 19.8 Å². The molecule has 0 aliphatic carbocycles. The van der Waals surface area contributed by atoms with Crippen LogP contribution in [0, 0.1) is 11.3 Å². The third kappa shape index (κ3) is 3.11. The van der Waals surface area contributed by atoms with E-state index in [1.165, 1.54) is 0 Å². The van der Waals surface area contributed by atoms with Gasteiger partial charge in [-0.05, 0) is 11.3 Å². The minimum Gasteiger partial charge on any atom is -0.379 e. The normalized spacial score (nSPS) is 31.0. The Balaban J connectivity index is 2.23. The second-order valence-corrected chi connectivity index (χ2v) is 5.06. The summed E-state index contributed by atoms with van der Waals surface area (Å²) in [6, 6.07) is 0.573. The van der Waals surface area contributed by atoms with Crippen LogP contribution in [-0.2, 0) is 4.74 Å². The number of rotatable bonds is 2. The Kier molecular flexibility index (Phi) is 3.13. The van der Waals surface area contributed by atoms with E-state index >= 15 is 0 Å². The molecule has 1 aliphatic heterocycles. The van der Waals surface area contributed by atoms with Gasteiger partial charge in [-0.3, -0.25) is 0 Å². The molecule has 0 spiro atoms. The zero-order valence-corrected chi connectivity index (χ0v) is 8.68. The lowest BCUT2D eigenvalue weighted by atomic mass is 9.95. The summed E-state index contributed by atoms with van der Waals surface area (Å²) in [5.41, 5.74) is 0.377. The highest BCUT2D eigenvalue weighted by Crippen LogP contribution is 2.15. The molecule has 2 heteroatoms. The van der Waals surface area contributed by atoms with E-state index in [-0.39, 0.29) is 0 Å². The van der Waals surface area contributed by atoms with Gasteiger partial charge in [0.1, 0.15) is 0 Å². The van der Waals surface area contributed by atoms with Crippen molar-refractivity contribution in [2.45, 2.75) is 33.7 Å². The van der Waals surface area contributed by atoms with Crippen LogP contribution in [0.2, 0.25) is 0 Å².